The van der Waals surface area contributed by atoms with Gasteiger partial charge in [-0.05, 0) is 48.0 Å². The number of Topliss-reactive ketones (excluding diaryl/α,β-unsaturated/α-hetero) is 2. The molecule has 0 N–H and O–H groups in total. The zero-order valence-electron chi connectivity index (χ0n) is 16.2. The molecule has 0 saturated heterocycles. The molecule has 0 radical (unpaired) electrons. The maximum atomic E-state index is 11.9. The Morgan fingerprint density at radius 2 is 1.44 bits per heavy atom. The standard InChI is InChI=1S/C19H30N4O2/c1-13-17(15(3)24)10-20-12-19(5,6)23-11-18(16(4)25)14(2)22-9-7-8-21-13/h10-11,17-18H,7-9,12H2,1-6H3. The normalized spacial score (nSPS) is 25.4. The first-order chi connectivity index (χ1) is 11.6. The van der Waals surface area contributed by atoms with E-state index in [4.69, 9.17) is 0 Å². The van der Waals surface area contributed by atoms with E-state index in [1.807, 2.05) is 27.7 Å². The molecular formula is C19H30N4O2. The zero-order chi connectivity index (χ0) is 19.0. The van der Waals surface area contributed by atoms with Crippen molar-refractivity contribution in [1.82, 2.24) is 0 Å². The van der Waals surface area contributed by atoms with E-state index in [9.17, 15) is 9.59 Å². The molecule has 6 nitrogen and oxygen atoms in total. The molecule has 138 valence electrons. The quantitative estimate of drug-likeness (QED) is 0.770. The summed E-state index contributed by atoms with van der Waals surface area (Å²) in [5.74, 6) is -0.732. The minimum Gasteiger partial charge on any atom is -0.299 e. The molecule has 0 spiro atoms. The van der Waals surface area contributed by atoms with Gasteiger partial charge in [-0.25, -0.2) is 0 Å². The van der Waals surface area contributed by atoms with Crippen molar-refractivity contribution in [3.63, 3.8) is 0 Å². The van der Waals surface area contributed by atoms with Crippen LogP contribution in [0.25, 0.3) is 0 Å². The van der Waals surface area contributed by atoms with Crippen LogP contribution in [0.3, 0.4) is 0 Å². The van der Waals surface area contributed by atoms with Gasteiger partial charge in [-0.1, -0.05) is 0 Å². The van der Waals surface area contributed by atoms with Crippen molar-refractivity contribution >= 4 is 35.4 Å². The smallest absolute Gasteiger partial charge is 0.143 e. The van der Waals surface area contributed by atoms with Crippen molar-refractivity contribution < 1.29 is 9.59 Å². The average Bonchev–Trinajstić information content (AvgIpc) is 2.49. The Kier molecular flexibility index (Phi) is 8.00. The minimum absolute atomic E-state index is 0.0270. The summed E-state index contributed by atoms with van der Waals surface area (Å²) < 4.78 is 0. The van der Waals surface area contributed by atoms with Gasteiger partial charge in [0.25, 0.3) is 0 Å². The topological polar surface area (TPSA) is 83.6 Å². The monoisotopic (exact) mass is 346 g/mol. The second kappa shape index (κ2) is 9.49. The van der Waals surface area contributed by atoms with Crippen molar-refractivity contribution in [1.29, 1.82) is 0 Å². The molecule has 2 atom stereocenters. The van der Waals surface area contributed by atoms with E-state index in [-0.39, 0.29) is 17.5 Å². The number of carbonyl (C=O) groups excluding carboxylic acids is 2. The summed E-state index contributed by atoms with van der Waals surface area (Å²) in [5, 5.41) is 0. The molecule has 2 unspecified atom stereocenters. The van der Waals surface area contributed by atoms with Gasteiger partial charge in [0.05, 0.1) is 23.9 Å². The van der Waals surface area contributed by atoms with Crippen LogP contribution in [0.1, 0.15) is 48.0 Å². The van der Waals surface area contributed by atoms with E-state index in [0.29, 0.717) is 19.6 Å². The number of nitrogens with zero attached hydrogens (tertiary/aromatic N) is 4. The van der Waals surface area contributed by atoms with Gasteiger partial charge < -0.3 is 0 Å². The summed E-state index contributed by atoms with van der Waals surface area (Å²) in [6.45, 7) is 12.4. The zero-order valence-corrected chi connectivity index (χ0v) is 16.2. The molecule has 0 aromatic rings. The first kappa shape index (κ1) is 21.1. The lowest BCUT2D eigenvalue weighted by Crippen LogP contribution is -2.27. The van der Waals surface area contributed by atoms with Gasteiger partial charge in [-0.3, -0.25) is 29.6 Å². The third-order valence-electron chi connectivity index (χ3n) is 4.12. The Hall–Kier alpha value is -1.98. The molecule has 0 aromatic carbocycles. The number of aliphatic imine (C=N–C) groups is 4. The van der Waals surface area contributed by atoms with Gasteiger partial charge in [0.2, 0.25) is 0 Å². The van der Waals surface area contributed by atoms with E-state index in [1.54, 1.807) is 26.3 Å². The lowest BCUT2D eigenvalue weighted by atomic mass is 10.00. The van der Waals surface area contributed by atoms with Crippen molar-refractivity contribution in [2.45, 2.75) is 53.5 Å². The molecular weight excluding hydrogens is 316 g/mol. The number of carbonyl (C=O) groups is 2. The van der Waals surface area contributed by atoms with Gasteiger partial charge >= 0.3 is 0 Å². The van der Waals surface area contributed by atoms with Crippen LogP contribution < -0.4 is 0 Å². The number of hydrogen-bond acceptors (Lipinski definition) is 6. The predicted molar refractivity (Wildman–Crippen MR) is 105 cm³/mol. The highest BCUT2D eigenvalue weighted by molar-refractivity contribution is 6.15. The van der Waals surface area contributed by atoms with E-state index >= 15 is 0 Å². The Labute approximate surface area is 150 Å². The summed E-state index contributed by atoms with van der Waals surface area (Å²) in [6.07, 6.45) is 4.12. The molecule has 1 aliphatic rings. The van der Waals surface area contributed by atoms with E-state index in [2.05, 4.69) is 20.0 Å². The summed E-state index contributed by atoms with van der Waals surface area (Å²) >= 11 is 0. The Bertz CT molecular complexity index is 615. The van der Waals surface area contributed by atoms with Crippen LogP contribution in [0.4, 0.5) is 0 Å². The maximum Gasteiger partial charge on any atom is 0.143 e. The van der Waals surface area contributed by atoms with Gasteiger partial charge in [0.1, 0.15) is 11.6 Å². The fourth-order valence-electron chi connectivity index (χ4n) is 2.49. The Morgan fingerprint density at radius 3 is 1.92 bits per heavy atom. The summed E-state index contributed by atoms with van der Waals surface area (Å²) in [7, 11) is 0. The van der Waals surface area contributed by atoms with Crippen LogP contribution in [0.2, 0.25) is 0 Å². The third-order valence-corrected chi connectivity index (χ3v) is 4.12. The minimum atomic E-state index is -0.461. The first-order valence-corrected chi connectivity index (χ1v) is 8.72. The molecule has 1 rings (SSSR count). The molecule has 0 saturated carbocycles. The highest BCUT2D eigenvalue weighted by Crippen LogP contribution is 2.12. The highest BCUT2D eigenvalue weighted by Gasteiger charge is 2.20. The van der Waals surface area contributed by atoms with Crippen LogP contribution in [0.15, 0.2) is 20.0 Å². The largest absolute Gasteiger partial charge is 0.299 e. The van der Waals surface area contributed by atoms with Crippen molar-refractivity contribution in [2.24, 2.45) is 31.8 Å². The molecule has 0 aromatic heterocycles. The summed E-state index contributed by atoms with van der Waals surface area (Å²) in [4.78, 5) is 41.7. The van der Waals surface area contributed by atoms with E-state index in [0.717, 1.165) is 17.8 Å². The molecule has 1 aliphatic heterocycles. The van der Waals surface area contributed by atoms with Crippen LogP contribution in [-0.4, -0.2) is 60.6 Å². The van der Waals surface area contributed by atoms with Crippen LogP contribution in [-0.2, 0) is 9.59 Å². The molecule has 0 fully saturated rings. The average molecular weight is 346 g/mol. The summed E-state index contributed by atoms with van der Waals surface area (Å²) in [6, 6.07) is 0. The Balaban J connectivity index is 3.16. The molecule has 25 heavy (non-hydrogen) atoms. The lowest BCUT2D eigenvalue weighted by Gasteiger charge is -2.18. The van der Waals surface area contributed by atoms with E-state index in [1.165, 1.54) is 0 Å². The number of ketones is 2. The third kappa shape index (κ3) is 7.20. The van der Waals surface area contributed by atoms with Crippen molar-refractivity contribution in [3.05, 3.63) is 0 Å². The first-order valence-electron chi connectivity index (χ1n) is 8.72. The van der Waals surface area contributed by atoms with Gasteiger partial charge in [0, 0.05) is 36.9 Å². The predicted octanol–water partition coefficient (Wildman–Crippen LogP) is 2.64. The fourth-order valence-corrected chi connectivity index (χ4v) is 2.49. The molecule has 0 amide bonds. The van der Waals surface area contributed by atoms with Crippen LogP contribution in [0, 0.1) is 11.8 Å². The van der Waals surface area contributed by atoms with Crippen LogP contribution in [0.5, 0.6) is 0 Å². The second-order valence-corrected chi connectivity index (χ2v) is 7.16. The van der Waals surface area contributed by atoms with Gasteiger partial charge in [-0.15, -0.1) is 0 Å². The van der Waals surface area contributed by atoms with Gasteiger partial charge in [0.15, 0.2) is 0 Å². The second-order valence-electron chi connectivity index (χ2n) is 7.16. The molecule has 6 heteroatoms. The van der Waals surface area contributed by atoms with E-state index < -0.39 is 11.5 Å². The van der Waals surface area contributed by atoms with Gasteiger partial charge in [-0.2, -0.15) is 0 Å². The molecule has 0 bridgehead atoms. The number of hydrogen-bond donors (Lipinski definition) is 0. The van der Waals surface area contributed by atoms with Crippen LogP contribution >= 0.6 is 0 Å². The summed E-state index contributed by atoms with van der Waals surface area (Å²) in [5.41, 5.74) is 1.08. The lowest BCUT2D eigenvalue weighted by molar-refractivity contribution is -0.118. The van der Waals surface area contributed by atoms with Crippen molar-refractivity contribution in [2.75, 3.05) is 19.6 Å². The van der Waals surface area contributed by atoms with Crippen molar-refractivity contribution in [3.8, 4) is 0 Å². The SMILES string of the molecule is CC(=O)C1C=NCC(C)(C)N=CC(C(C)=O)C(C)=NCCCN=C1C. The fraction of sp³-hybridized carbons (Fsp3) is 0.684. The highest BCUT2D eigenvalue weighted by atomic mass is 16.1. The molecule has 0 aliphatic carbocycles. The number of rotatable bonds is 2. The Morgan fingerprint density at radius 1 is 0.960 bits per heavy atom. The molecule has 1 heterocycles. The maximum absolute atomic E-state index is 11.9.